The van der Waals surface area contributed by atoms with Crippen molar-refractivity contribution in [2.45, 2.75) is 102 Å². The molecule has 0 N–H and O–H groups in total. The van der Waals surface area contributed by atoms with Crippen LogP contribution in [-0.4, -0.2) is 17.5 Å². The molecule has 0 fully saturated rings. The van der Waals surface area contributed by atoms with Gasteiger partial charge in [-0.2, -0.15) is 0 Å². The molecule has 1 unspecified atom stereocenters. The molecule has 0 saturated carbocycles. The summed E-state index contributed by atoms with van der Waals surface area (Å²) in [5.74, 6) is 0.823. The van der Waals surface area contributed by atoms with E-state index in [1.807, 2.05) is 0 Å². The van der Waals surface area contributed by atoms with Gasteiger partial charge in [0.05, 0.1) is 5.38 Å². The van der Waals surface area contributed by atoms with E-state index in [1.54, 1.807) is 0 Å². The van der Waals surface area contributed by atoms with Gasteiger partial charge in [0.2, 0.25) is 0 Å². The van der Waals surface area contributed by atoms with E-state index in [2.05, 4.69) is 0 Å². The topological polar surface area (TPSA) is 17.1 Å². The van der Waals surface area contributed by atoms with Crippen molar-refractivity contribution in [1.29, 1.82) is 0 Å². The molecule has 21 heavy (non-hydrogen) atoms. The summed E-state index contributed by atoms with van der Waals surface area (Å²) >= 11 is 11.4. The van der Waals surface area contributed by atoms with Gasteiger partial charge < -0.3 is 4.79 Å². The lowest BCUT2D eigenvalue weighted by Gasteiger charge is -2.04. The Morgan fingerprint density at radius 1 is 0.619 bits per heavy atom. The fourth-order valence-corrected chi connectivity index (χ4v) is 2.97. The average molecular weight is 337 g/mol. The van der Waals surface area contributed by atoms with Crippen molar-refractivity contribution in [3.8, 4) is 0 Å². The van der Waals surface area contributed by atoms with Crippen LogP contribution in [-0.2, 0) is 4.79 Å². The number of halogens is 2. The Hall–Kier alpha value is 0.250. The highest BCUT2D eigenvalue weighted by Gasteiger charge is 2.00. The second-order valence-electron chi connectivity index (χ2n) is 6.08. The van der Waals surface area contributed by atoms with Crippen LogP contribution < -0.4 is 0 Å². The van der Waals surface area contributed by atoms with Crippen LogP contribution in [0.2, 0.25) is 0 Å². The molecule has 0 heterocycles. The Morgan fingerprint density at radius 2 is 0.952 bits per heavy atom. The van der Waals surface area contributed by atoms with E-state index < -0.39 is 0 Å². The molecule has 126 valence electrons. The molecular formula is C18H34Cl2O. The summed E-state index contributed by atoms with van der Waals surface area (Å²) < 4.78 is 0. The highest BCUT2D eigenvalue weighted by Crippen LogP contribution is 2.14. The van der Waals surface area contributed by atoms with Gasteiger partial charge in [0, 0.05) is 5.88 Å². The van der Waals surface area contributed by atoms with Gasteiger partial charge in [-0.05, 0) is 12.8 Å². The zero-order valence-corrected chi connectivity index (χ0v) is 15.1. The Morgan fingerprint density at radius 3 is 1.29 bits per heavy atom. The summed E-state index contributed by atoms with van der Waals surface area (Å²) in [6, 6.07) is 0. The maximum Gasteiger partial charge on any atom is 0.137 e. The van der Waals surface area contributed by atoms with Crippen molar-refractivity contribution < 1.29 is 4.79 Å². The van der Waals surface area contributed by atoms with E-state index in [-0.39, 0.29) is 5.38 Å². The third kappa shape index (κ3) is 18.2. The monoisotopic (exact) mass is 336 g/mol. The fourth-order valence-electron chi connectivity index (χ4n) is 2.62. The summed E-state index contributed by atoms with van der Waals surface area (Å²) in [4.78, 5) is 10.3. The summed E-state index contributed by atoms with van der Waals surface area (Å²) in [6.07, 6.45) is 20.2. The molecule has 0 aliphatic carbocycles. The van der Waals surface area contributed by atoms with Crippen LogP contribution in [0.25, 0.3) is 0 Å². The summed E-state index contributed by atoms with van der Waals surface area (Å²) in [5.41, 5.74) is 0. The number of aldehydes is 1. The van der Waals surface area contributed by atoms with Crippen LogP contribution in [0.5, 0.6) is 0 Å². The predicted octanol–water partition coefficient (Wildman–Crippen LogP) is 6.88. The number of carbonyl (C=O) groups is 1. The number of carbonyl (C=O) groups excluding carboxylic acids is 1. The zero-order chi connectivity index (χ0) is 15.6. The lowest BCUT2D eigenvalue weighted by atomic mass is 10.0. The summed E-state index contributed by atoms with van der Waals surface area (Å²) in [5, 5.41) is -0.264. The molecule has 0 aliphatic heterocycles. The molecule has 1 nitrogen and oxygen atoms in total. The van der Waals surface area contributed by atoms with Crippen molar-refractivity contribution in [1.82, 2.24) is 0 Å². The molecule has 0 spiro atoms. The van der Waals surface area contributed by atoms with Crippen LogP contribution in [0.4, 0.5) is 0 Å². The summed E-state index contributed by atoms with van der Waals surface area (Å²) in [6.45, 7) is 0. The van der Waals surface area contributed by atoms with Crippen LogP contribution in [0, 0.1) is 0 Å². The minimum atomic E-state index is -0.264. The quantitative estimate of drug-likeness (QED) is 0.160. The van der Waals surface area contributed by atoms with Gasteiger partial charge in [-0.1, -0.05) is 83.5 Å². The van der Waals surface area contributed by atoms with Gasteiger partial charge in [0.25, 0.3) is 0 Å². The van der Waals surface area contributed by atoms with Gasteiger partial charge in [-0.15, -0.1) is 23.2 Å². The second kappa shape index (κ2) is 18.3. The standard InChI is InChI=1S/C18H34Cl2O/c19-16-14-12-10-8-6-4-2-1-3-5-7-9-11-13-15-18(20)17-21/h17-18H,1-16H2. The molecule has 0 amide bonds. The van der Waals surface area contributed by atoms with Gasteiger partial charge in [0.15, 0.2) is 0 Å². The largest absolute Gasteiger partial charge is 0.302 e. The molecule has 0 aromatic rings. The molecule has 0 aliphatic rings. The van der Waals surface area contributed by atoms with Gasteiger partial charge in [-0.3, -0.25) is 0 Å². The maximum atomic E-state index is 10.3. The highest BCUT2D eigenvalue weighted by atomic mass is 35.5. The van der Waals surface area contributed by atoms with E-state index in [4.69, 9.17) is 23.2 Å². The average Bonchev–Trinajstić information content (AvgIpc) is 2.50. The number of alkyl halides is 2. The van der Waals surface area contributed by atoms with Crippen molar-refractivity contribution in [2.75, 3.05) is 5.88 Å². The van der Waals surface area contributed by atoms with Gasteiger partial charge >= 0.3 is 0 Å². The first kappa shape index (κ1) is 21.2. The molecular weight excluding hydrogens is 303 g/mol. The van der Waals surface area contributed by atoms with Crippen molar-refractivity contribution in [3.63, 3.8) is 0 Å². The van der Waals surface area contributed by atoms with Gasteiger partial charge in [0.1, 0.15) is 6.29 Å². The lowest BCUT2D eigenvalue weighted by molar-refractivity contribution is -0.107. The van der Waals surface area contributed by atoms with Gasteiger partial charge in [-0.25, -0.2) is 0 Å². The Kier molecular flexibility index (Phi) is 18.5. The smallest absolute Gasteiger partial charge is 0.137 e. The predicted molar refractivity (Wildman–Crippen MR) is 95.7 cm³/mol. The SMILES string of the molecule is O=CC(Cl)CCCCCCCCCCCCCCCCCl. The van der Waals surface area contributed by atoms with E-state index in [1.165, 1.54) is 83.5 Å². The Labute approximate surface area is 142 Å². The minimum Gasteiger partial charge on any atom is -0.302 e. The first-order chi connectivity index (χ1) is 10.3. The molecule has 3 heteroatoms. The number of hydrogen-bond donors (Lipinski definition) is 0. The zero-order valence-electron chi connectivity index (χ0n) is 13.6. The number of hydrogen-bond acceptors (Lipinski definition) is 1. The molecule has 0 saturated heterocycles. The molecule has 0 radical (unpaired) electrons. The third-order valence-electron chi connectivity index (χ3n) is 4.01. The van der Waals surface area contributed by atoms with Crippen LogP contribution in [0.3, 0.4) is 0 Å². The van der Waals surface area contributed by atoms with Crippen LogP contribution >= 0.6 is 23.2 Å². The van der Waals surface area contributed by atoms with Crippen LogP contribution in [0.1, 0.15) is 96.3 Å². The molecule has 0 bridgehead atoms. The Balaban J connectivity index is 2.98. The first-order valence-electron chi connectivity index (χ1n) is 8.96. The number of unbranched alkanes of at least 4 members (excludes halogenated alkanes) is 13. The van der Waals surface area contributed by atoms with E-state index in [0.717, 1.165) is 25.0 Å². The minimum absolute atomic E-state index is 0.264. The molecule has 0 aromatic heterocycles. The van der Waals surface area contributed by atoms with Crippen LogP contribution in [0.15, 0.2) is 0 Å². The van der Waals surface area contributed by atoms with Crippen molar-refractivity contribution in [3.05, 3.63) is 0 Å². The maximum absolute atomic E-state index is 10.3. The number of rotatable bonds is 17. The fraction of sp³-hybridized carbons (Fsp3) is 0.944. The third-order valence-corrected chi connectivity index (χ3v) is 4.60. The van der Waals surface area contributed by atoms with E-state index in [0.29, 0.717) is 0 Å². The van der Waals surface area contributed by atoms with Crippen molar-refractivity contribution >= 4 is 29.5 Å². The summed E-state index contributed by atoms with van der Waals surface area (Å²) in [7, 11) is 0. The first-order valence-corrected chi connectivity index (χ1v) is 9.93. The highest BCUT2D eigenvalue weighted by molar-refractivity contribution is 6.27. The van der Waals surface area contributed by atoms with E-state index in [9.17, 15) is 4.79 Å². The molecule has 0 aromatic carbocycles. The second-order valence-corrected chi connectivity index (χ2v) is 7.02. The Bertz CT molecular complexity index is 209. The van der Waals surface area contributed by atoms with Crippen molar-refractivity contribution in [2.24, 2.45) is 0 Å². The molecule has 0 rings (SSSR count). The molecule has 1 atom stereocenters. The lowest BCUT2D eigenvalue weighted by Crippen LogP contribution is -1.98. The normalized spacial score (nSPS) is 12.5. The van der Waals surface area contributed by atoms with E-state index >= 15 is 0 Å².